The lowest BCUT2D eigenvalue weighted by Crippen LogP contribution is -2.49. The summed E-state index contributed by atoms with van der Waals surface area (Å²) in [5.74, 6) is 0.148. The van der Waals surface area contributed by atoms with Gasteiger partial charge in [0.05, 0.1) is 6.04 Å². The van der Waals surface area contributed by atoms with E-state index in [-0.39, 0.29) is 23.6 Å². The molecule has 1 unspecified atom stereocenters. The van der Waals surface area contributed by atoms with Gasteiger partial charge in [0.15, 0.2) is 0 Å². The van der Waals surface area contributed by atoms with Crippen LogP contribution >= 0.6 is 0 Å². The van der Waals surface area contributed by atoms with E-state index in [1.807, 2.05) is 9.80 Å². The van der Waals surface area contributed by atoms with Crippen LogP contribution in [0.3, 0.4) is 0 Å². The number of hydrogen-bond donors (Lipinski definition) is 1. The average Bonchev–Trinajstić information content (AvgIpc) is 3.05. The minimum Gasteiger partial charge on any atom is -0.508 e. The molecule has 0 aromatic heterocycles. The molecule has 4 rings (SSSR count). The highest BCUT2D eigenvalue weighted by atomic mass is 19.1. The molecule has 4 nitrogen and oxygen atoms in total. The molecule has 2 aliphatic rings. The molecule has 0 bridgehead atoms. The maximum Gasteiger partial charge on any atom is 0.240 e. The average molecular weight is 382 g/mol. The summed E-state index contributed by atoms with van der Waals surface area (Å²) in [6.07, 6.45) is 0.451. The van der Waals surface area contributed by atoms with Crippen molar-refractivity contribution in [3.8, 4) is 5.75 Å². The monoisotopic (exact) mass is 382 g/mol. The molecule has 2 aliphatic heterocycles. The molecule has 0 radical (unpaired) electrons. The molecule has 28 heavy (non-hydrogen) atoms. The standard InChI is InChI=1S/C23H27FN2O2/c1-16-2-4-17(5-3-16)14-26-13-11-22(23(26)28)25-12-10-20(21(24)15-25)18-6-8-19(27)9-7-18/h2-9,20-22,27H,10-15H2,1H3/t20-,21-,22?/m0/s1. The Morgan fingerprint density at radius 2 is 1.75 bits per heavy atom. The van der Waals surface area contributed by atoms with Gasteiger partial charge in [0.2, 0.25) is 5.91 Å². The number of halogens is 1. The van der Waals surface area contributed by atoms with Crippen LogP contribution in [0.2, 0.25) is 0 Å². The van der Waals surface area contributed by atoms with Crippen LogP contribution in [0.1, 0.15) is 35.4 Å². The number of carbonyl (C=O) groups excluding carboxylic acids is 1. The molecule has 2 saturated heterocycles. The van der Waals surface area contributed by atoms with Gasteiger partial charge in [0, 0.05) is 25.6 Å². The van der Waals surface area contributed by atoms with Gasteiger partial charge >= 0.3 is 0 Å². The van der Waals surface area contributed by atoms with E-state index in [1.165, 1.54) is 5.56 Å². The fourth-order valence-electron chi connectivity index (χ4n) is 4.44. The van der Waals surface area contributed by atoms with Crippen molar-refractivity contribution in [2.24, 2.45) is 0 Å². The summed E-state index contributed by atoms with van der Waals surface area (Å²) in [7, 11) is 0. The Bertz CT molecular complexity index is 822. The highest BCUT2D eigenvalue weighted by Gasteiger charge is 2.40. The van der Waals surface area contributed by atoms with Gasteiger partial charge in [-0.05, 0) is 49.6 Å². The lowest BCUT2D eigenvalue weighted by Gasteiger charge is -2.37. The van der Waals surface area contributed by atoms with Crippen molar-refractivity contribution in [1.82, 2.24) is 9.80 Å². The Hall–Kier alpha value is -2.40. The van der Waals surface area contributed by atoms with E-state index in [0.29, 0.717) is 19.5 Å². The third-order valence-electron chi connectivity index (χ3n) is 6.10. The molecule has 2 heterocycles. The Morgan fingerprint density at radius 3 is 2.43 bits per heavy atom. The number of hydrogen-bond acceptors (Lipinski definition) is 3. The first-order valence-corrected chi connectivity index (χ1v) is 10.0. The van der Waals surface area contributed by atoms with Crippen LogP contribution < -0.4 is 0 Å². The summed E-state index contributed by atoms with van der Waals surface area (Å²) in [4.78, 5) is 16.8. The summed E-state index contributed by atoms with van der Waals surface area (Å²) < 4.78 is 14.9. The van der Waals surface area contributed by atoms with Crippen LogP contribution in [0.5, 0.6) is 5.75 Å². The third kappa shape index (κ3) is 3.90. The molecule has 3 atom stereocenters. The Morgan fingerprint density at radius 1 is 1.04 bits per heavy atom. The van der Waals surface area contributed by atoms with Crippen LogP contribution in [0.4, 0.5) is 4.39 Å². The van der Waals surface area contributed by atoms with Gasteiger partial charge in [0.1, 0.15) is 11.9 Å². The highest BCUT2D eigenvalue weighted by Crippen LogP contribution is 2.33. The highest BCUT2D eigenvalue weighted by molar-refractivity contribution is 5.84. The van der Waals surface area contributed by atoms with Crippen LogP contribution in [-0.4, -0.2) is 52.7 Å². The maximum atomic E-state index is 14.9. The van der Waals surface area contributed by atoms with Gasteiger partial charge in [0.25, 0.3) is 0 Å². The van der Waals surface area contributed by atoms with E-state index in [4.69, 9.17) is 0 Å². The fraction of sp³-hybridized carbons (Fsp3) is 0.435. The van der Waals surface area contributed by atoms with Crippen LogP contribution in [-0.2, 0) is 11.3 Å². The predicted octanol–water partition coefficient (Wildman–Crippen LogP) is 3.63. The molecular formula is C23H27FN2O2. The van der Waals surface area contributed by atoms with Crippen molar-refractivity contribution in [3.63, 3.8) is 0 Å². The van der Waals surface area contributed by atoms with Gasteiger partial charge in [-0.1, -0.05) is 42.0 Å². The number of benzene rings is 2. The molecule has 5 heteroatoms. The van der Waals surface area contributed by atoms with Crippen molar-refractivity contribution in [1.29, 1.82) is 0 Å². The molecule has 0 saturated carbocycles. The zero-order valence-electron chi connectivity index (χ0n) is 16.2. The summed E-state index contributed by atoms with van der Waals surface area (Å²) in [6, 6.07) is 14.9. The smallest absolute Gasteiger partial charge is 0.240 e. The maximum absolute atomic E-state index is 14.9. The normalized spacial score (nSPS) is 26.0. The SMILES string of the molecule is Cc1ccc(CN2CCC(N3CC[C@@H](c4ccc(O)cc4)[C@@H](F)C3)C2=O)cc1. The number of rotatable bonds is 4. The number of aromatic hydroxyl groups is 1. The second-order valence-electron chi connectivity index (χ2n) is 8.05. The number of phenols is 1. The number of amides is 1. The minimum atomic E-state index is -1.00. The molecule has 2 aromatic carbocycles. The number of carbonyl (C=O) groups is 1. The van der Waals surface area contributed by atoms with Gasteiger partial charge in [-0.15, -0.1) is 0 Å². The quantitative estimate of drug-likeness (QED) is 0.878. The van der Waals surface area contributed by atoms with Crippen molar-refractivity contribution in [2.45, 2.75) is 44.4 Å². The molecule has 1 amide bonds. The van der Waals surface area contributed by atoms with Gasteiger partial charge in [-0.2, -0.15) is 0 Å². The first-order valence-electron chi connectivity index (χ1n) is 10.0. The largest absolute Gasteiger partial charge is 0.508 e. The van der Waals surface area contributed by atoms with Gasteiger partial charge < -0.3 is 10.0 Å². The summed E-state index contributed by atoms with van der Waals surface area (Å²) in [6.45, 7) is 4.42. The summed E-state index contributed by atoms with van der Waals surface area (Å²) in [5.41, 5.74) is 3.26. The Labute approximate surface area is 165 Å². The second-order valence-corrected chi connectivity index (χ2v) is 8.05. The van der Waals surface area contributed by atoms with Crippen LogP contribution in [0.25, 0.3) is 0 Å². The molecule has 148 valence electrons. The zero-order chi connectivity index (χ0) is 19.7. The van der Waals surface area contributed by atoms with E-state index in [1.54, 1.807) is 24.3 Å². The summed E-state index contributed by atoms with van der Waals surface area (Å²) >= 11 is 0. The molecule has 0 aliphatic carbocycles. The number of alkyl halides is 1. The van der Waals surface area contributed by atoms with E-state index >= 15 is 0 Å². The summed E-state index contributed by atoms with van der Waals surface area (Å²) in [5, 5.41) is 9.44. The molecule has 1 N–H and O–H groups in total. The second kappa shape index (κ2) is 7.92. The zero-order valence-corrected chi connectivity index (χ0v) is 16.2. The van der Waals surface area contributed by atoms with Crippen molar-refractivity contribution < 1.29 is 14.3 Å². The van der Waals surface area contributed by atoms with E-state index in [0.717, 1.165) is 30.6 Å². The van der Waals surface area contributed by atoms with Crippen LogP contribution in [0, 0.1) is 6.92 Å². The predicted molar refractivity (Wildman–Crippen MR) is 107 cm³/mol. The third-order valence-corrected chi connectivity index (χ3v) is 6.10. The minimum absolute atomic E-state index is 0.121. The molecular weight excluding hydrogens is 355 g/mol. The number of likely N-dealkylation sites (tertiary alicyclic amines) is 2. The van der Waals surface area contributed by atoms with E-state index in [2.05, 4.69) is 31.2 Å². The van der Waals surface area contributed by atoms with E-state index < -0.39 is 6.17 Å². The molecule has 2 aromatic rings. The molecule has 2 fully saturated rings. The van der Waals surface area contributed by atoms with Crippen molar-refractivity contribution >= 4 is 5.91 Å². The number of piperidine rings is 1. The first-order chi connectivity index (χ1) is 13.5. The van der Waals surface area contributed by atoms with Crippen molar-refractivity contribution in [3.05, 3.63) is 65.2 Å². The van der Waals surface area contributed by atoms with Crippen LogP contribution in [0.15, 0.2) is 48.5 Å². The topological polar surface area (TPSA) is 43.8 Å². The Balaban J connectivity index is 1.37. The Kier molecular flexibility index (Phi) is 5.36. The number of aryl methyl sites for hydroxylation is 1. The molecule has 0 spiro atoms. The number of phenolic OH excluding ortho intramolecular Hbond substituents is 1. The lowest BCUT2D eigenvalue weighted by atomic mass is 9.87. The van der Waals surface area contributed by atoms with Crippen molar-refractivity contribution in [2.75, 3.05) is 19.6 Å². The van der Waals surface area contributed by atoms with Gasteiger partial charge in [-0.3, -0.25) is 9.69 Å². The number of nitrogens with zero attached hydrogens (tertiary/aromatic N) is 2. The lowest BCUT2D eigenvalue weighted by molar-refractivity contribution is -0.133. The fourth-order valence-corrected chi connectivity index (χ4v) is 4.44. The van der Waals surface area contributed by atoms with E-state index in [9.17, 15) is 14.3 Å². The first kappa shape index (κ1) is 18.9. The van der Waals surface area contributed by atoms with Gasteiger partial charge in [-0.25, -0.2) is 4.39 Å².